The van der Waals surface area contributed by atoms with Crippen LogP contribution in [0.2, 0.25) is 0 Å². The summed E-state index contributed by atoms with van der Waals surface area (Å²) < 4.78 is 0. The maximum atomic E-state index is 12.3. The van der Waals surface area contributed by atoms with Crippen molar-refractivity contribution in [2.24, 2.45) is 0 Å². The Morgan fingerprint density at radius 1 is 1.14 bits per heavy atom. The quantitative estimate of drug-likeness (QED) is 0.614. The van der Waals surface area contributed by atoms with E-state index < -0.39 is 0 Å². The molecule has 2 amide bonds. The van der Waals surface area contributed by atoms with E-state index in [1.807, 2.05) is 39.5 Å². The van der Waals surface area contributed by atoms with E-state index in [0.717, 1.165) is 0 Å². The van der Waals surface area contributed by atoms with Crippen molar-refractivity contribution in [1.82, 2.24) is 15.1 Å². The lowest BCUT2D eigenvalue weighted by molar-refractivity contribution is -0.137. The van der Waals surface area contributed by atoms with Crippen LogP contribution in [-0.4, -0.2) is 71.6 Å². The highest BCUT2D eigenvalue weighted by Crippen LogP contribution is 2.02. The molecule has 21 heavy (non-hydrogen) atoms. The molecule has 0 aromatic rings. The molecule has 0 heterocycles. The maximum Gasteiger partial charge on any atom is 0.239 e. The molecule has 0 aliphatic carbocycles. The molecule has 0 unspecified atom stereocenters. The van der Waals surface area contributed by atoms with E-state index >= 15 is 0 Å². The number of carbonyl (C=O) groups is 2. The third-order valence-electron chi connectivity index (χ3n) is 3.19. The lowest BCUT2D eigenvalue weighted by atomic mass is 10.2. The van der Waals surface area contributed by atoms with E-state index in [2.05, 4.69) is 5.32 Å². The van der Waals surface area contributed by atoms with Crippen molar-refractivity contribution in [3.63, 3.8) is 0 Å². The summed E-state index contributed by atoms with van der Waals surface area (Å²) >= 11 is 0. The molecule has 0 atom stereocenters. The molecular formula is C15H31N3O3. The van der Waals surface area contributed by atoms with E-state index in [4.69, 9.17) is 5.11 Å². The zero-order valence-electron chi connectivity index (χ0n) is 14.1. The smallest absolute Gasteiger partial charge is 0.239 e. The fraction of sp³-hybridized carbons (Fsp3) is 0.867. The van der Waals surface area contributed by atoms with Crippen molar-refractivity contribution >= 4 is 11.8 Å². The number of nitrogens with zero attached hydrogens (tertiary/aromatic N) is 2. The highest BCUT2D eigenvalue weighted by molar-refractivity contribution is 5.85. The Morgan fingerprint density at radius 3 is 2.19 bits per heavy atom. The van der Waals surface area contributed by atoms with Crippen LogP contribution in [0.3, 0.4) is 0 Å². The standard InChI is InChI=1S/C15H31N3O3/c1-6-17(10-14(20)16-12(2)3)15(21)11-18(13(4)5)8-7-9-19/h12-13,19H,6-11H2,1-5H3,(H,16,20). The fourth-order valence-electron chi connectivity index (χ4n) is 1.98. The summed E-state index contributed by atoms with van der Waals surface area (Å²) in [6, 6.07) is 0.298. The number of likely N-dealkylation sites (N-methyl/N-ethyl adjacent to an activating group) is 1. The number of rotatable bonds is 10. The Labute approximate surface area is 128 Å². The van der Waals surface area contributed by atoms with Crippen LogP contribution in [0.5, 0.6) is 0 Å². The highest BCUT2D eigenvalue weighted by Gasteiger charge is 2.20. The molecule has 0 aliphatic rings. The molecule has 0 fully saturated rings. The second-order valence-electron chi connectivity index (χ2n) is 5.77. The van der Waals surface area contributed by atoms with Crippen LogP contribution >= 0.6 is 0 Å². The number of aliphatic hydroxyl groups is 1. The van der Waals surface area contributed by atoms with Crippen LogP contribution < -0.4 is 5.32 Å². The van der Waals surface area contributed by atoms with Crippen LogP contribution in [-0.2, 0) is 9.59 Å². The van der Waals surface area contributed by atoms with E-state index in [0.29, 0.717) is 19.5 Å². The van der Waals surface area contributed by atoms with Crippen molar-refractivity contribution in [1.29, 1.82) is 0 Å². The molecule has 2 N–H and O–H groups in total. The zero-order valence-corrected chi connectivity index (χ0v) is 14.1. The van der Waals surface area contributed by atoms with E-state index in [-0.39, 0.29) is 43.6 Å². The van der Waals surface area contributed by atoms with Gasteiger partial charge in [0.05, 0.1) is 13.1 Å². The van der Waals surface area contributed by atoms with Gasteiger partial charge in [-0.1, -0.05) is 0 Å². The monoisotopic (exact) mass is 301 g/mol. The van der Waals surface area contributed by atoms with Crippen LogP contribution in [0.4, 0.5) is 0 Å². The highest BCUT2D eigenvalue weighted by atomic mass is 16.3. The number of carbonyl (C=O) groups excluding carboxylic acids is 2. The van der Waals surface area contributed by atoms with Gasteiger partial charge in [-0.25, -0.2) is 0 Å². The Morgan fingerprint density at radius 2 is 1.76 bits per heavy atom. The van der Waals surface area contributed by atoms with Gasteiger partial charge in [0, 0.05) is 31.8 Å². The van der Waals surface area contributed by atoms with Crippen molar-refractivity contribution in [3.8, 4) is 0 Å². The first-order chi connectivity index (χ1) is 9.81. The molecule has 0 aliphatic heterocycles. The average Bonchev–Trinajstić information content (AvgIpc) is 2.39. The maximum absolute atomic E-state index is 12.3. The van der Waals surface area contributed by atoms with Crippen LogP contribution in [0.15, 0.2) is 0 Å². The first-order valence-electron chi connectivity index (χ1n) is 7.73. The normalized spacial score (nSPS) is 11.3. The molecule has 0 saturated heterocycles. The summed E-state index contributed by atoms with van der Waals surface area (Å²) in [7, 11) is 0. The Hall–Kier alpha value is -1.14. The van der Waals surface area contributed by atoms with Crippen molar-refractivity contribution in [2.75, 3.05) is 32.8 Å². The van der Waals surface area contributed by atoms with Gasteiger partial charge < -0.3 is 15.3 Å². The summed E-state index contributed by atoms with van der Waals surface area (Å²) in [4.78, 5) is 27.7. The van der Waals surface area contributed by atoms with Crippen molar-refractivity contribution in [2.45, 2.75) is 53.1 Å². The lowest BCUT2D eigenvalue weighted by Crippen LogP contribution is -2.47. The second kappa shape index (κ2) is 10.6. The SMILES string of the molecule is CCN(CC(=O)NC(C)C)C(=O)CN(CCCO)C(C)C. The molecule has 6 nitrogen and oxygen atoms in total. The van der Waals surface area contributed by atoms with Gasteiger partial charge in [-0.05, 0) is 41.0 Å². The third kappa shape index (κ3) is 8.67. The lowest BCUT2D eigenvalue weighted by Gasteiger charge is -2.29. The van der Waals surface area contributed by atoms with Crippen LogP contribution in [0, 0.1) is 0 Å². The van der Waals surface area contributed by atoms with Gasteiger partial charge in [-0.3, -0.25) is 14.5 Å². The van der Waals surface area contributed by atoms with Crippen molar-refractivity contribution < 1.29 is 14.7 Å². The topological polar surface area (TPSA) is 72.9 Å². The summed E-state index contributed by atoms with van der Waals surface area (Å²) in [6.45, 7) is 11.4. The van der Waals surface area contributed by atoms with Gasteiger partial charge in [-0.2, -0.15) is 0 Å². The molecule has 0 radical (unpaired) electrons. The second-order valence-corrected chi connectivity index (χ2v) is 5.77. The number of amides is 2. The number of hydrogen-bond donors (Lipinski definition) is 2. The van der Waals surface area contributed by atoms with Gasteiger partial charge in [0.15, 0.2) is 0 Å². The summed E-state index contributed by atoms with van der Waals surface area (Å²) in [5, 5.41) is 11.7. The number of nitrogens with one attached hydrogen (secondary N) is 1. The first-order valence-corrected chi connectivity index (χ1v) is 7.73. The average molecular weight is 301 g/mol. The molecule has 0 saturated carbocycles. The number of hydrogen-bond acceptors (Lipinski definition) is 4. The Bertz CT molecular complexity index is 319. The largest absolute Gasteiger partial charge is 0.396 e. The van der Waals surface area contributed by atoms with Crippen molar-refractivity contribution in [3.05, 3.63) is 0 Å². The molecule has 124 valence electrons. The first kappa shape index (κ1) is 19.9. The molecule has 0 aromatic heterocycles. The van der Waals surface area contributed by atoms with Crippen LogP contribution in [0.25, 0.3) is 0 Å². The molecule has 0 aromatic carbocycles. The van der Waals surface area contributed by atoms with Gasteiger partial charge in [0.1, 0.15) is 0 Å². The van der Waals surface area contributed by atoms with Gasteiger partial charge in [0.2, 0.25) is 11.8 Å². The summed E-state index contributed by atoms with van der Waals surface area (Å²) in [5.41, 5.74) is 0. The molecule has 6 heteroatoms. The third-order valence-corrected chi connectivity index (χ3v) is 3.19. The van der Waals surface area contributed by atoms with E-state index in [1.54, 1.807) is 4.90 Å². The van der Waals surface area contributed by atoms with Gasteiger partial charge in [0.25, 0.3) is 0 Å². The van der Waals surface area contributed by atoms with E-state index in [1.165, 1.54) is 0 Å². The zero-order chi connectivity index (χ0) is 16.4. The minimum Gasteiger partial charge on any atom is -0.396 e. The minimum atomic E-state index is -0.133. The fourth-order valence-corrected chi connectivity index (χ4v) is 1.98. The van der Waals surface area contributed by atoms with Gasteiger partial charge in [-0.15, -0.1) is 0 Å². The van der Waals surface area contributed by atoms with Gasteiger partial charge >= 0.3 is 0 Å². The summed E-state index contributed by atoms with van der Waals surface area (Å²) in [6.07, 6.45) is 0.644. The molecule has 0 bridgehead atoms. The predicted octanol–water partition coefficient (Wildman–Crippen LogP) is 0.452. The number of aliphatic hydroxyl groups excluding tert-OH is 1. The Balaban J connectivity index is 4.51. The minimum absolute atomic E-state index is 0.0527. The van der Waals surface area contributed by atoms with Crippen LogP contribution in [0.1, 0.15) is 41.0 Å². The van der Waals surface area contributed by atoms with E-state index in [9.17, 15) is 9.59 Å². The Kier molecular flexibility index (Phi) is 9.99. The molecular weight excluding hydrogens is 270 g/mol. The predicted molar refractivity (Wildman–Crippen MR) is 83.9 cm³/mol. The molecule has 0 spiro atoms. The molecule has 0 rings (SSSR count). The summed E-state index contributed by atoms with van der Waals surface area (Å²) in [5.74, 6) is -0.185.